The Labute approximate surface area is 212 Å². The highest BCUT2D eigenvalue weighted by atomic mass is 16.2. The summed E-state index contributed by atoms with van der Waals surface area (Å²) < 4.78 is 0. The molecular formula is C27H38N6O3. The zero-order chi connectivity index (χ0) is 25.7. The van der Waals surface area contributed by atoms with Crippen LogP contribution in [0.25, 0.3) is 0 Å². The number of piperidine rings is 1. The smallest absolute Gasteiger partial charge is 0.246 e. The third-order valence-corrected chi connectivity index (χ3v) is 7.58. The number of aromatic nitrogens is 2. The van der Waals surface area contributed by atoms with Gasteiger partial charge >= 0.3 is 0 Å². The molecule has 194 valence electrons. The maximum absolute atomic E-state index is 13.9. The standard InChI is InChI=1S/C27H38N6O3/c1-4-17(2)26(35)32-24(18-7-5-9-29-13-18)27(36)33-10-6-8-23(33)22-12-20(15-31-22)25(34)19-11-21(28-3)16-30-14-19/h11-12,14-18,23-24,28-29,31H,4-10,13H2,1-3H3,(H,32,35). The molecule has 4 N–H and O–H groups in total. The van der Waals surface area contributed by atoms with Gasteiger partial charge in [0.25, 0.3) is 0 Å². The normalized spacial score (nSPS) is 21.6. The zero-order valence-corrected chi connectivity index (χ0v) is 21.5. The molecule has 0 spiro atoms. The van der Waals surface area contributed by atoms with Crippen molar-refractivity contribution in [3.8, 4) is 0 Å². The fourth-order valence-corrected chi connectivity index (χ4v) is 5.16. The monoisotopic (exact) mass is 494 g/mol. The minimum atomic E-state index is -0.550. The summed E-state index contributed by atoms with van der Waals surface area (Å²) in [4.78, 5) is 49.0. The second kappa shape index (κ2) is 11.7. The number of hydrogen-bond acceptors (Lipinski definition) is 6. The van der Waals surface area contributed by atoms with Gasteiger partial charge in [0.2, 0.25) is 11.8 Å². The molecule has 2 amide bonds. The highest BCUT2D eigenvalue weighted by molar-refractivity contribution is 6.09. The first-order valence-corrected chi connectivity index (χ1v) is 13.1. The number of H-pyrrole nitrogens is 1. The molecule has 2 aromatic rings. The summed E-state index contributed by atoms with van der Waals surface area (Å²) in [7, 11) is 1.79. The van der Waals surface area contributed by atoms with E-state index in [4.69, 9.17) is 0 Å². The van der Waals surface area contributed by atoms with Crippen molar-refractivity contribution >= 4 is 23.3 Å². The second-order valence-corrected chi connectivity index (χ2v) is 9.98. The Morgan fingerprint density at radius 2 is 2.00 bits per heavy atom. The molecule has 0 aliphatic carbocycles. The van der Waals surface area contributed by atoms with Crippen molar-refractivity contribution in [2.45, 2.75) is 58.0 Å². The molecule has 9 heteroatoms. The van der Waals surface area contributed by atoms with Crippen LogP contribution in [0.2, 0.25) is 0 Å². The van der Waals surface area contributed by atoms with Crippen LogP contribution in [0, 0.1) is 11.8 Å². The molecular weight excluding hydrogens is 456 g/mol. The average Bonchev–Trinajstić information content (AvgIpc) is 3.61. The van der Waals surface area contributed by atoms with Crippen LogP contribution < -0.4 is 16.0 Å². The molecule has 0 bridgehead atoms. The Kier molecular flexibility index (Phi) is 8.40. The molecule has 4 rings (SSSR count). The molecule has 4 heterocycles. The van der Waals surface area contributed by atoms with Crippen LogP contribution in [-0.4, -0.2) is 65.2 Å². The zero-order valence-electron chi connectivity index (χ0n) is 21.5. The number of hydrogen-bond donors (Lipinski definition) is 4. The van der Waals surface area contributed by atoms with Crippen LogP contribution in [-0.2, 0) is 9.59 Å². The first-order valence-electron chi connectivity index (χ1n) is 13.1. The number of likely N-dealkylation sites (tertiary alicyclic amines) is 1. The largest absolute Gasteiger partial charge is 0.387 e. The lowest BCUT2D eigenvalue weighted by Gasteiger charge is -2.35. The quantitative estimate of drug-likeness (QED) is 0.398. The van der Waals surface area contributed by atoms with Gasteiger partial charge in [0.05, 0.1) is 11.7 Å². The van der Waals surface area contributed by atoms with Crippen LogP contribution >= 0.6 is 0 Å². The van der Waals surface area contributed by atoms with Gasteiger partial charge in [0, 0.05) is 67.4 Å². The number of carbonyl (C=O) groups excluding carboxylic acids is 3. The number of aromatic amines is 1. The molecule has 0 radical (unpaired) electrons. The van der Waals surface area contributed by atoms with E-state index in [1.165, 1.54) is 0 Å². The van der Waals surface area contributed by atoms with E-state index in [0.29, 0.717) is 17.7 Å². The third kappa shape index (κ3) is 5.61. The summed E-state index contributed by atoms with van der Waals surface area (Å²) in [5, 5.41) is 9.48. The summed E-state index contributed by atoms with van der Waals surface area (Å²) in [6.45, 7) is 6.17. The number of pyridine rings is 1. The summed E-state index contributed by atoms with van der Waals surface area (Å²) >= 11 is 0. The Balaban J connectivity index is 1.53. The summed E-state index contributed by atoms with van der Waals surface area (Å²) in [5.41, 5.74) is 2.66. The van der Waals surface area contributed by atoms with Gasteiger partial charge in [0.1, 0.15) is 6.04 Å². The van der Waals surface area contributed by atoms with Gasteiger partial charge in [-0.1, -0.05) is 13.8 Å². The summed E-state index contributed by atoms with van der Waals surface area (Å²) in [5.74, 6) is -0.295. The lowest BCUT2D eigenvalue weighted by Crippen LogP contribution is -2.56. The lowest BCUT2D eigenvalue weighted by molar-refractivity contribution is -0.140. The van der Waals surface area contributed by atoms with Crippen LogP contribution in [0.15, 0.2) is 30.7 Å². The third-order valence-electron chi connectivity index (χ3n) is 7.58. The van der Waals surface area contributed by atoms with Gasteiger partial charge < -0.3 is 25.8 Å². The van der Waals surface area contributed by atoms with E-state index in [9.17, 15) is 14.4 Å². The fraction of sp³-hybridized carbons (Fsp3) is 0.556. The molecule has 2 fully saturated rings. The topological polar surface area (TPSA) is 119 Å². The maximum atomic E-state index is 13.9. The van der Waals surface area contributed by atoms with Gasteiger partial charge in [-0.05, 0) is 50.8 Å². The van der Waals surface area contributed by atoms with E-state index in [-0.39, 0.29) is 35.5 Å². The highest BCUT2D eigenvalue weighted by Crippen LogP contribution is 2.33. The van der Waals surface area contributed by atoms with Crippen molar-refractivity contribution < 1.29 is 14.4 Å². The Morgan fingerprint density at radius 3 is 2.72 bits per heavy atom. The van der Waals surface area contributed by atoms with Crippen LogP contribution in [0.5, 0.6) is 0 Å². The van der Waals surface area contributed by atoms with Crippen molar-refractivity contribution in [2.75, 3.05) is 32.0 Å². The average molecular weight is 495 g/mol. The first-order chi connectivity index (χ1) is 17.4. The highest BCUT2D eigenvalue weighted by Gasteiger charge is 2.39. The number of rotatable bonds is 9. The van der Waals surface area contributed by atoms with E-state index in [2.05, 4.69) is 25.9 Å². The minimum absolute atomic E-state index is 0.0312. The number of ketones is 1. The van der Waals surface area contributed by atoms with Crippen molar-refractivity contribution in [1.29, 1.82) is 0 Å². The molecule has 2 aliphatic rings. The molecule has 4 unspecified atom stereocenters. The molecule has 0 aromatic carbocycles. The molecule has 2 aliphatic heterocycles. The van der Waals surface area contributed by atoms with E-state index in [1.807, 2.05) is 24.8 Å². The molecule has 2 saturated heterocycles. The second-order valence-electron chi connectivity index (χ2n) is 9.98. The fourth-order valence-electron chi connectivity index (χ4n) is 5.16. The maximum Gasteiger partial charge on any atom is 0.246 e. The van der Waals surface area contributed by atoms with E-state index in [0.717, 1.165) is 56.6 Å². The SMILES string of the molecule is CCC(C)C(=O)NC(C(=O)N1CCCC1c1cc(C(=O)c2cncc(NC)c2)c[nH]1)C1CCCNC1. The predicted molar refractivity (Wildman–Crippen MR) is 139 cm³/mol. The van der Waals surface area contributed by atoms with Crippen LogP contribution in [0.4, 0.5) is 5.69 Å². The van der Waals surface area contributed by atoms with Gasteiger partial charge in [-0.15, -0.1) is 0 Å². The van der Waals surface area contributed by atoms with Crippen molar-refractivity contribution in [3.05, 3.63) is 47.5 Å². The van der Waals surface area contributed by atoms with Crippen molar-refractivity contribution in [2.24, 2.45) is 11.8 Å². The number of anilines is 1. The van der Waals surface area contributed by atoms with Gasteiger partial charge in [-0.2, -0.15) is 0 Å². The summed E-state index contributed by atoms with van der Waals surface area (Å²) in [6.07, 6.45) is 9.25. The van der Waals surface area contributed by atoms with Crippen LogP contribution in [0.3, 0.4) is 0 Å². The van der Waals surface area contributed by atoms with Crippen LogP contribution in [0.1, 0.15) is 73.6 Å². The van der Waals surface area contributed by atoms with E-state index < -0.39 is 6.04 Å². The number of nitrogens with one attached hydrogen (secondary N) is 4. The lowest BCUT2D eigenvalue weighted by atomic mass is 9.90. The summed E-state index contributed by atoms with van der Waals surface area (Å²) in [6, 6.07) is 2.92. The van der Waals surface area contributed by atoms with Gasteiger partial charge in [-0.25, -0.2) is 0 Å². The Hall–Kier alpha value is -3.20. The first kappa shape index (κ1) is 25.9. The van der Waals surface area contributed by atoms with Gasteiger partial charge in [0.15, 0.2) is 5.78 Å². The number of amides is 2. The predicted octanol–water partition coefficient (Wildman–Crippen LogP) is 2.88. The molecule has 4 atom stereocenters. The number of nitrogens with zero attached hydrogens (tertiary/aromatic N) is 2. The van der Waals surface area contributed by atoms with E-state index in [1.54, 1.807) is 31.7 Å². The molecule has 2 aromatic heterocycles. The Bertz CT molecular complexity index is 1080. The molecule has 9 nitrogen and oxygen atoms in total. The van der Waals surface area contributed by atoms with E-state index >= 15 is 0 Å². The van der Waals surface area contributed by atoms with Crippen molar-refractivity contribution in [1.82, 2.24) is 25.5 Å². The molecule has 0 saturated carbocycles. The molecule has 36 heavy (non-hydrogen) atoms. The number of carbonyl (C=O) groups is 3. The van der Waals surface area contributed by atoms with Crippen molar-refractivity contribution in [3.63, 3.8) is 0 Å². The Morgan fingerprint density at radius 1 is 1.17 bits per heavy atom. The minimum Gasteiger partial charge on any atom is -0.387 e. The van der Waals surface area contributed by atoms with Gasteiger partial charge in [-0.3, -0.25) is 19.4 Å².